The number of nitrogens with one attached hydrogen (secondary N) is 1. The molecule has 1 aliphatic rings. The molecule has 0 aliphatic heterocycles. The molecule has 1 aromatic rings. The lowest BCUT2D eigenvalue weighted by atomic mass is 10.0. The average molecular weight is 275 g/mol. The Hall–Kier alpha value is -1.84. The minimum absolute atomic E-state index is 0.189. The minimum atomic E-state index is -0.893. The van der Waals surface area contributed by atoms with Crippen LogP contribution in [-0.4, -0.2) is 17.0 Å². The highest BCUT2D eigenvalue weighted by atomic mass is 16.4. The molecule has 0 spiro atoms. The maximum Gasteiger partial charge on any atom is 0.307 e. The van der Waals surface area contributed by atoms with E-state index in [4.69, 9.17) is 5.11 Å². The Kier molecular flexibility index (Phi) is 3.59. The monoisotopic (exact) mass is 275 g/mol. The summed E-state index contributed by atoms with van der Waals surface area (Å²) in [6.07, 6.45) is 0.827. The molecule has 1 amide bonds. The minimum Gasteiger partial charge on any atom is -0.481 e. The number of benzene rings is 1. The summed E-state index contributed by atoms with van der Waals surface area (Å²) in [7, 11) is 0. The number of aryl methyl sites for hydroxylation is 2. The van der Waals surface area contributed by atoms with E-state index in [1.165, 1.54) is 0 Å². The number of amides is 1. The smallest absolute Gasteiger partial charge is 0.307 e. The quantitative estimate of drug-likeness (QED) is 0.888. The van der Waals surface area contributed by atoms with Gasteiger partial charge in [-0.1, -0.05) is 39.0 Å². The zero-order valence-electron chi connectivity index (χ0n) is 12.4. The number of carbonyl (C=O) groups excluding carboxylic acids is 1. The van der Waals surface area contributed by atoms with Gasteiger partial charge in [0, 0.05) is 5.69 Å². The van der Waals surface area contributed by atoms with Crippen LogP contribution in [0.1, 0.15) is 31.9 Å². The van der Waals surface area contributed by atoms with Crippen molar-refractivity contribution in [2.45, 2.75) is 34.1 Å². The van der Waals surface area contributed by atoms with Crippen LogP contribution in [0.15, 0.2) is 18.2 Å². The van der Waals surface area contributed by atoms with Crippen molar-refractivity contribution in [2.75, 3.05) is 5.32 Å². The fraction of sp³-hybridized carbons (Fsp3) is 0.500. The number of hydrogen-bond acceptors (Lipinski definition) is 2. The molecule has 1 aromatic carbocycles. The molecule has 4 nitrogen and oxygen atoms in total. The van der Waals surface area contributed by atoms with Gasteiger partial charge in [0.1, 0.15) is 0 Å². The standard InChI is InChI=1S/C16H21NO3/c1-5-10-8-6-7-9(2)13(10)17-14(18)11-12(15(19)20)16(11,3)4/h6-8,11-12H,5H2,1-4H3,(H,17,18)(H,19,20)/t11-,12+/m1/s1. The first-order valence-corrected chi connectivity index (χ1v) is 6.92. The van der Waals surface area contributed by atoms with E-state index in [0.29, 0.717) is 0 Å². The third-order valence-corrected chi connectivity index (χ3v) is 4.36. The lowest BCUT2D eigenvalue weighted by molar-refractivity contribution is -0.140. The molecule has 1 fully saturated rings. The van der Waals surface area contributed by atoms with Gasteiger partial charge in [-0.25, -0.2) is 0 Å². The van der Waals surface area contributed by atoms with E-state index in [0.717, 1.165) is 23.2 Å². The van der Waals surface area contributed by atoms with E-state index in [1.807, 2.05) is 45.9 Å². The molecule has 0 aromatic heterocycles. The third-order valence-electron chi connectivity index (χ3n) is 4.36. The number of anilines is 1. The number of rotatable bonds is 4. The first-order valence-electron chi connectivity index (χ1n) is 6.92. The first kappa shape index (κ1) is 14.6. The molecule has 2 N–H and O–H groups in total. The van der Waals surface area contributed by atoms with E-state index in [-0.39, 0.29) is 5.91 Å². The Balaban J connectivity index is 2.20. The van der Waals surface area contributed by atoms with Gasteiger partial charge in [0.2, 0.25) is 5.91 Å². The zero-order valence-corrected chi connectivity index (χ0v) is 12.4. The van der Waals surface area contributed by atoms with Crippen LogP contribution in [0.4, 0.5) is 5.69 Å². The number of hydrogen-bond donors (Lipinski definition) is 2. The fourth-order valence-corrected chi connectivity index (χ4v) is 2.99. The van der Waals surface area contributed by atoms with Crippen LogP contribution in [0.25, 0.3) is 0 Å². The van der Waals surface area contributed by atoms with Crippen LogP contribution in [-0.2, 0) is 16.0 Å². The van der Waals surface area contributed by atoms with Gasteiger partial charge in [-0.2, -0.15) is 0 Å². The van der Waals surface area contributed by atoms with Crippen molar-refractivity contribution in [1.29, 1.82) is 0 Å². The first-order chi connectivity index (χ1) is 9.30. The molecule has 1 aliphatic carbocycles. The Bertz CT molecular complexity index is 563. The second-order valence-electron chi connectivity index (χ2n) is 6.07. The maximum absolute atomic E-state index is 12.4. The summed E-state index contributed by atoms with van der Waals surface area (Å²) in [5.74, 6) is -2.12. The van der Waals surface area contributed by atoms with Gasteiger partial charge in [-0.3, -0.25) is 9.59 Å². The van der Waals surface area contributed by atoms with Crippen LogP contribution in [0, 0.1) is 24.2 Å². The second kappa shape index (κ2) is 4.93. The summed E-state index contributed by atoms with van der Waals surface area (Å²) in [6, 6.07) is 5.89. The Labute approximate surface area is 119 Å². The summed E-state index contributed by atoms with van der Waals surface area (Å²) in [5.41, 5.74) is 2.43. The second-order valence-corrected chi connectivity index (χ2v) is 6.07. The molecular weight excluding hydrogens is 254 g/mol. The molecule has 2 rings (SSSR count). The number of carboxylic acids is 1. The van der Waals surface area contributed by atoms with Gasteiger partial charge in [0.05, 0.1) is 11.8 Å². The highest BCUT2D eigenvalue weighted by Crippen LogP contribution is 2.58. The molecule has 2 atom stereocenters. The SMILES string of the molecule is CCc1cccc(C)c1NC(=O)[C@H]1[C@@H](C(=O)O)C1(C)C. The summed E-state index contributed by atoms with van der Waals surface area (Å²) < 4.78 is 0. The van der Waals surface area contributed by atoms with Gasteiger partial charge in [0.25, 0.3) is 0 Å². The van der Waals surface area contributed by atoms with Crippen molar-refractivity contribution in [3.8, 4) is 0 Å². The number of carbonyl (C=O) groups is 2. The van der Waals surface area contributed by atoms with Crippen LogP contribution >= 0.6 is 0 Å². The number of aliphatic carboxylic acids is 1. The van der Waals surface area contributed by atoms with Crippen LogP contribution in [0.2, 0.25) is 0 Å². The van der Waals surface area contributed by atoms with Crippen LogP contribution < -0.4 is 5.32 Å². The van der Waals surface area contributed by atoms with Crippen molar-refractivity contribution in [2.24, 2.45) is 17.3 Å². The van der Waals surface area contributed by atoms with E-state index in [2.05, 4.69) is 5.32 Å². The molecule has 0 saturated heterocycles. The van der Waals surface area contributed by atoms with Crippen molar-refractivity contribution >= 4 is 17.6 Å². The molecule has 108 valence electrons. The Morgan fingerprint density at radius 3 is 2.45 bits per heavy atom. The highest BCUT2D eigenvalue weighted by molar-refractivity contribution is 6.00. The molecule has 20 heavy (non-hydrogen) atoms. The molecule has 0 radical (unpaired) electrons. The molecular formula is C16H21NO3. The molecule has 0 unspecified atom stereocenters. The van der Waals surface area contributed by atoms with Crippen molar-refractivity contribution in [3.05, 3.63) is 29.3 Å². The lowest BCUT2D eigenvalue weighted by Gasteiger charge is -2.13. The topological polar surface area (TPSA) is 66.4 Å². The van der Waals surface area contributed by atoms with Gasteiger partial charge >= 0.3 is 5.97 Å². The predicted molar refractivity (Wildman–Crippen MR) is 77.6 cm³/mol. The number of para-hydroxylation sites is 1. The van der Waals surface area contributed by atoms with E-state index >= 15 is 0 Å². The Morgan fingerprint density at radius 1 is 1.30 bits per heavy atom. The zero-order chi connectivity index (χ0) is 15.1. The maximum atomic E-state index is 12.4. The van der Waals surface area contributed by atoms with Crippen molar-refractivity contribution in [1.82, 2.24) is 0 Å². The summed E-state index contributed by atoms with van der Waals surface area (Å²) >= 11 is 0. The lowest BCUT2D eigenvalue weighted by Crippen LogP contribution is -2.19. The van der Waals surface area contributed by atoms with Crippen LogP contribution in [0.5, 0.6) is 0 Å². The van der Waals surface area contributed by atoms with Crippen molar-refractivity contribution < 1.29 is 14.7 Å². The van der Waals surface area contributed by atoms with Crippen molar-refractivity contribution in [3.63, 3.8) is 0 Å². The third kappa shape index (κ3) is 2.30. The summed E-state index contributed by atoms with van der Waals surface area (Å²) in [5, 5.41) is 12.1. The van der Waals surface area contributed by atoms with E-state index in [9.17, 15) is 9.59 Å². The largest absolute Gasteiger partial charge is 0.481 e. The fourth-order valence-electron chi connectivity index (χ4n) is 2.99. The number of carboxylic acid groups (broad SMARTS) is 1. The van der Waals surface area contributed by atoms with Gasteiger partial charge < -0.3 is 10.4 Å². The van der Waals surface area contributed by atoms with Gasteiger partial charge in [-0.15, -0.1) is 0 Å². The Morgan fingerprint density at radius 2 is 1.95 bits per heavy atom. The van der Waals surface area contributed by atoms with Gasteiger partial charge in [0.15, 0.2) is 0 Å². The summed E-state index contributed by atoms with van der Waals surface area (Å²) in [6.45, 7) is 7.64. The average Bonchev–Trinajstić information content (AvgIpc) is 2.95. The molecule has 4 heteroatoms. The molecule has 0 heterocycles. The molecule has 1 saturated carbocycles. The predicted octanol–water partition coefficient (Wildman–Crippen LogP) is 2.85. The normalized spacial score (nSPS) is 23.2. The van der Waals surface area contributed by atoms with Gasteiger partial charge in [-0.05, 0) is 29.9 Å². The molecule has 0 bridgehead atoms. The summed E-state index contributed by atoms with van der Waals surface area (Å²) in [4.78, 5) is 23.5. The van der Waals surface area contributed by atoms with Crippen LogP contribution in [0.3, 0.4) is 0 Å². The van der Waals surface area contributed by atoms with E-state index in [1.54, 1.807) is 0 Å². The van der Waals surface area contributed by atoms with E-state index < -0.39 is 23.2 Å². The highest BCUT2D eigenvalue weighted by Gasteiger charge is 2.65.